The number of halogens is 1. The van der Waals surface area contributed by atoms with Crippen LogP contribution in [-0.2, 0) is 6.42 Å². The van der Waals surface area contributed by atoms with Gasteiger partial charge in [0.15, 0.2) is 0 Å². The molecule has 0 aliphatic rings. The summed E-state index contributed by atoms with van der Waals surface area (Å²) in [5.41, 5.74) is 4.15. The Morgan fingerprint density at radius 1 is 1.14 bits per heavy atom. The molecule has 0 saturated carbocycles. The molecule has 0 radical (unpaired) electrons. The lowest BCUT2D eigenvalue weighted by atomic mass is 10.00. The van der Waals surface area contributed by atoms with E-state index in [9.17, 15) is 0 Å². The van der Waals surface area contributed by atoms with Crippen LogP contribution < -0.4 is 5.32 Å². The van der Waals surface area contributed by atoms with Crippen LogP contribution in [0.1, 0.15) is 45.8 Å². The highest BCUT2D eigenvalue weighted by atomic mass is 79.9. The van der Waals surface area contributed by atoms with Gasteiger partial charge in [-0.3, -0.25) is 0 Å². The monoisotopic (exact) mass is 365 g/mol. The Hall–Kier alpha value is -0.640. The molecule has 114 valence electrons. The molecule has 1 N–H and O–H groups in total. The highest BCUT2D eigenvalue weighted by molar-refractivity contribution is 9.10. The fourth-order valence-electron chi connectivity index (χ4n) is 2.48. The van der Waals surface area contributed by atoms with Gasteiger partial charge in [0.05, 0.1) is 0 Å². The number of thiophene rings is 1. The second-order valence-corrected chi connectivity index (χ2v) is 7.84. The quantitative estimate of drug-likeness (QED) is 0.690. The minimum absolute atomic E-state index is 0.389. The molecule has 0 saturated heterocycles. The van der Waals surface area contributed by atoms with Crippen molar-refractivity contribution in [3.05, 3.63) is 55.2 Å². The van der Waals surface area contributed by atoms with Crippen molar-refractivity contribution in [2.45, 2.75) is 46.6 Å². The largest absolute Gasteiger partial charge is 0.309 e. The van der Waals surface area contributed by atoms with Gasteiger partial charge in [0, 0.05) is 20.3 Å². The summed E-state index contributed by atoms with van der Waals surface area (Å²) in [6, 6.07) is 9.43. The molecule has 1 unspecified atom stereocenters. The van der Waals surface area contributed by atoms with Gasteiger partial charge in [-0.25, -0.2) is 0 Å². The van der Waals surface area contributed by atoms with Crippen molar-refractivity contribution in [2.75, 3.05) is 6.54 Å². The first-order chi connectivity index (χ1) is 10.0. The first-order valence-corrected chi connectivity index (χ1v) is 9.17. The van der Waals surface area contributed by atoms with E-state index < -0.39 is 0 Å². The Labute approximate surface area is 140 Å². The first-order valence-electron chi connectivity index (χ1n) is 7.56. The molecule has 0 amide bonds. The minimum Gasteiger partial charge on any atom is -0.309 e. The topological polar surface area (TPSA) is 12.0 Å². The molecule has 0 aliphatic carbocycles. The third-order valence-corrected chi connectivity index (χ3v) is 5.89. The van der Waals surface area contributed by atoms with Crippen LogP contribution >= 0.6 is 27.3 Å². The molecule has 1 atom stereocenters. The predicted octanol–water partition coefficient (Wildman–Crippen LogP) is 5.72. The number of aryl methyl sites for hydroxylation is 3. The molecule has 2 aromatic rings. The van der Waals surface area contributed by atoms with Gasteiger partial charge in [0.2, 0.25) is 0 Å². The van der Waals surface area contributed by atoms with Crippen LogP contribution in [0.5, 0.6) is 0 Å². The summed E-state index contributed by atoms with van der Waals surface area (Å²) in [6.07, 6.45) is 2.20. The highest BCUT2D eigenvalue weighted by Gasteiger charge is 2.17. The molecule has 1 aromatic heterocycles. The van der Waals surface area contributed by atoms with Gasteiger partial charge in [-0.2, -0.15) is 0 Å². The van der Waals surface area contributed by atoms with Crippen molar-refractivity contribution in [1.82, 2.24) is 5.32 Å². The molecule has 1 nitrogen and oxygen atoms in total. The van der Waals surface area contributed by atoms with Crippen molar-refractivity contribution >= 4 is 27.3 Å². The van der Waals surface area contributed by atoms with Gasteiger partial charge < -0.3 is 5.32 Å². The van der Waals surface area contributed by atoms with E-state index in [0.717, 1.165) is 19.4 Å². The van der Waals surface area contributed by atoms with Crippen LogP contribution in [-0.4, -0.2) is 6.54 Å². The van der Waals surface area contributed by atoms with E-state index in [-0.39, 0.29) is 0 Å². The van der Waals surface area contributed by atoms with Crippen LogP contribution in [0, 0.1) is 20.8 Å². The molecule has 1 aromatic carbocycles. The van der Waals surface area contributed by atoms with E-state index in [0.29, 0.717) is 6.04 Å². The smallest absolute Gasteiger partial charge is 0.0467 e. The summed E-state index contributed by atoms with van der Waals surface area (Å²) in [6.45, 7) is 9.81. The van der Waals surface area contributed by atoms with E-state index in [2.05, 4.69) is 73.2 Å². The molecule has 21 heavy (non-hydrogen) atoms. The lowest BCUT2D eigenvalue weighted by Gasteiger charge is -2.19. The van der Waals surface area contributed by atoms with Crippen molar-refractivity contribution < 1.29 is 0 Å². The average Bonchev–Trinajstić information content (AvgIpc) is 2.77. The van der Waals surface area contributed by atoms with Crippen LogP contribution in [0.3, 0.4) is 0 Å². The van der Waals surface area contributed by atoms with Gasteiger partial charge in [-0.15, -0.1) is 11.3 Å². The summed E-state index contributed by atoms with van der Waals surface area (Å²) in [5, 5.41) is 3.70. The minimum atomic E-state index is 0.389. The SMILES string of the molecule is CCCNC(Cc1ccc(C)c(C)c1)c1sc(C)cc1Br. The maximum atomic E-state index is 3.72. The molecular formula is C18H24BrNS. The fraction of sp³-hybridized carbons (Fsp3) is 0.444. The maximum Gasteiger partial charge on any atom is 0.0467 e. The summed E-state index contributed by atoms with van der Waals surface area (Å²) in [7, 11) is 0. The van der Waals surface area contributed by atoms with E-state index in [1.165, 1.54) is 30.9 Å². The number of hydrogen-bond donors (Lipinski definition) is 1. The Balaban J connectivity index is 2.23. The van der Waals surface area contributed by atoms with Crippen LogP contribution in [0.15, 0.2) is 28.7 Å². The van der Waals surface area contributed by atoms with Crippen molar-refractivity contribution in [3.8, 4) is 0 Å². The van der Waals surface area contributed by atoms with Crippen LogP contribution in [0.25, 0.3) is 0 Å². The Kier molecular flexibility index (Phi) is 6.03. The number of benzene rings is 1. The summed E-state index contributed by atoms with van der Waals surface area (Å²) in [4.78, 5) is 2.78. The number of rotatable bonds is 6. The van der Waals surface area contributed by atoms with Crippen molar-refractivity contribution in [3.63, 3.8) is 0 Å². The van der Waals surface area contributed by atoms with Crippen LogP contribution in [0.4, 0.5) is 0 Å². The number of hydrogen-bond acceptors (Lipinski definition) is 2. The summed E-state index contributed by atoms with van der Waals surface area (Å²) < 4.78 is 1.24. The molecule has 0 aliphatic heterocycles. The zero-order valence-corrected chi connectivity index (χ0v) is 15.7. The van der Waals surface area contributed by atoms with Crippen LogP contribution in [0.2, 0.25) is 0 Å². The third-order valence-electron chi connectivity index (χ3n) is 3.80. The average molecular weight is 366 g/mol. The summed E-state index contributed by atoms with van der Waals surface area (Å²) >= 11 is 5.61. The zero-order valence-electron chi connectivity index (χ0n) is 13.3. The second kappa shape index (κ2) is 7.57. The van der Waals surface area contributed by atoms with E-state index in [1.54, 1.807) is 0 Å². The molecule has 3 heteroatoms. The molecule has 0 bridgehead atoms. The Morgan fingerprint density at radius 2 is 1.90 bits per heavy atom. The maximum absolute atomic E-state index is 3.72. The zero-order chi connectivity index (χ0) is 15.4. The molecule has 1 heterocycles. The van der Waals surface area contributed by atoms with Gasteiger partial charge in [-0.1, -0.05) is 25.1 Å². The first kappa shape index (κ1) is 16.7. The van der Waals surface area contributed by atoms with E-state index >= 15 is 0 Å². The van der Waals surface area contributed by atoms with Crippen molar-refractivity contribution in [2.24, 2.45) is 0 Å². The highest BCUT2D eigenvalue weighted by Crippen LogP contribution is 2.34. The van der Waals surface area contributed by atoms with Gasteiger partial charge in [0.25, 0.3) is 0 Å². The fourth-order valence-corrected chi connectivity index (χ4v) is 4.48. The number of nitrogens with one attached hydrogen (secondary N) is 1. The Bertz CT molecular complexity index is 603. The van der Waals surface area contributed by atoms with E-state index in [1.807, 2.05) is 11.3 Å². The third kappa shape index (κ3) is 4.41. The van der Waals surface area contributed by atoms with Gasteiger partial charge in [-0.05, 0) is 78.8 Å². The molecule has 2 rings (SSSR count). The molecule has 0 spiro atoms. The lowest BCUT2D eigenvalue weighted by molar-refractivity contribution is 0.535. The normalized spacial score (nSPS) is 12.6. The van der Waals surface area contributed by atoms with Gasteiger partial charge in [0.1, 0.15) is 0 Å². The Morgan fingerprint density at radius 3 is 2.48 bits per heavy atom. The standard InChI is InChI=1S/C18H24BrNS/c1-5-8-20-17(18-16(19)10-14(4)21-18)11-15-7-6-12(2)13(3)9-15/h6-7,9-10,17,20H,5,8,11H2,1-4H3. The lowest BCUT2D eigenvalue weighted by Crippen LogP contribution is -2.23. The van der Waals surface area contributed by atoms with Crippen molar-refractivity contribution in [1.29, 1.82) is 0 Å². The molecular weight excluding hydrogens is 342 g/mol. The second-order valence-electron chi connectivity index (χ2n) is 5.70. The summed E-state index contributed by atoms with van der Waals surface area (Å²) in [5.74, 6) is 0. The van der Waals surface area contributed by atoms with E-state index in [4.69, 9.17) is 0 Å². The van der Waals surface area contributed by atoms with Gasteiger partial charge >= 0.3 is 0 Å². The predicted molar refractivity (Wildman–Crippen MR) is 97.4 cm³/mol. The molecule has 0 fully saturated rings.